The summed E-state index contributed by atoms with van der Waals surface area (Å²) >= 11 is 0. The molecule has 4 heteroatoms. The molecule has 1 fully saturated rings. The molecule has 1 unspecified atom stereocenters. The van der Waals surface area contributed by atoms with Gasteiger partial charge in [-0.25, -0.2) is 0 Å². The fourth-order valence-electron chi connectivity index (χ4n) is 2.13. The third-order valence-corrected chi connectivity index (χ3v) is 3.59. The second-order valence-corrected chi connectivity index (χ2v) is 5.73. The van der Waals surface area contributed by atoms with Gasteiger partial charge in [-0.1, -0.05) is 13.8 Å². The van der Waals surface area contributed by atoms with Crippen LogP contribution in [-0.2, 0) is 4.79 Å². The molecule has 94 valence electrons. The van der Waals surface area contributed by atoms with E-state index in [0.29, 0.717) is 5.92 Å². The van der Waals surface area contributed by atoms with E-state index >= 15 is 0 Å². The summed E-state index contributed by atoms with van der Waals surface area (Å²) in [5.74, 6) is 0.364. The van der Waals surface area contributed by atoms with Gasteiger partial charge in [-0.05, 0) is 32.7 Å². The van der Waals surface area contributed by atoms with Crippen molar-refractivity contribution >= 4 is 5.91 Å². The topological polar surface area (TPSA) is 61.4 Å². The van der Waals surface area contributed by atoms with Crippen LogP contribution in [0, 0.1) is 11.3 Å². The van der Waals surface area contributed by atoms with Gasteiger partial charge < -0.3 is 15.7 Å². The van der Waals surface area contributed by atoms with Crippen molar-refractivity contribution in [3.05, 3.63) is 0 Å². The van der Waals surface area contributed by atoms with E-state index in [2.05, 4.69) is 24.5 Å². The van der Waals surface area contributed by atoms with E-state index in [0.717, 1.165) is 19.5 Å². The largest absolute Gasteiger partial charge is 0.394 e. The number of amides is 1. The molecule has 0 radical (unpaired) electrons. The van der Waals surface area contributed by atoms with Gasteiger partial charge in [-0.3, -0.25) is 4.79 Å². The lowest BCUT2D eigenvalue weighted by Crippen LogP contribution is -2.54. The van der Waals surface area contributed by atoms with Crippen molar-refractivity contribution in [1.82, 2.24) is 10.6 Å². The van der Waals surface area contributed by atoms with Crippen LogP contribution in [0.25, 0.3) is 0 Å². The Hall–Kier alpha value is -0.610. The Labute approximate surface area is 97.8 Å². The molecular weight excluding hydrogens is 204 g/mol. The molecule has 1 atom stereocenters. The van der Waals surface area contributed by atoms with Crippen LogP contribution in [0.15, 0.2) is 0 Å². The highest BCUT2D eigenvalue weighted by Crippen LogP contribution is 2.34. The van der Waals surface area contributed by atoms with Crippen molar-refractivity contribution in [2.24, 2.45) is 11.3 Å². The second kappa shape index (κ2) is 4.72. The number of nitrogens with one attached hydrogen (secondary N) is 2. The molecule has 1 heterocycles. The quantitative estimate of drug-likeness (QED) is 0.657. The third-order valence-electron chi connectivity index (χ3n) is 3.59. The summed E-state index contributed by atoms with van der Waals surface area (Å²) in [5.41, 5.74) is -0.853. The molecule has 0 aromatic carbocycles. The summed E-state index contributed by atoms with van der Waals surface area (Å²) in [4.78, 5) is 12.3. The number of carbonyl (C=O) groups excluding carboxylic acids is 1. The Kier molecular flexibility index (Phi) is 3.97. The summed E-state index contributed by atoms with van der Waals surface area (Å²) in [6.07, 6.45) is 0.873. The standard InChI is InChI=1S/C12H24N2O2/c1-9(2)12(5-6-13-7-12)10(16)14-11(3,4)8-15/h9,13,15H,5-8H2,1-4H3,(H,14,16). The van der Waals surface area contributed by atoms with Crippen molar-refractivity contribution < 1.29 is 9.90 Å². The summed E-state index contributed by atoms with van der Waals surface area (Å²) in [6.45, 7) is 9.42. The highest BCUT2D eigenvalue weighted by atomic mass is 16.3. The van der Waals surface area contributed by atoms with Gasteiger partial charge in [-0.15, -0.1) is 0 Å². The molecule has 3 N–H and O–H groups in total. The summed E-state index contributed by atoms with van der Waals surface area (Å²) < 4.78 is 0. The minimum atomic E-state index is -0.540. The van der Waals surface area contributed by atoms with Crippen LogP contribution in [0.1, 0.15) is 34.1 Å². The predicted molar refractivity (Wildman–Crippen MR) is 64.1 cm³/mol. The number of aliphatic hydroxyl groups is 1. The van der Waals surface area contributed by atoms with Gasteiger partial charge >= 0.3 is 0 Å². The maximum absolute atomic E-state index is 12.3. The van der Waals surface area contributed by atoms with Crippen LogP contribution < -0.4 is 10.6 Å². The second-order valence-electron chi connectivity index (χ2n) is 5.73. The van der Waals surface area contributed by atoms with E-state index in [-0.39, 0.29) is 17.9 Å². The Bertz CT molecular complexity index is 256. The van der Waals surface area contributed by atoms with E-state index in [9.17, 15) is 9.90 Å². The lowest BCUT2D eigenvalue weighted by Gasteiger charge is -2.35. The van der Waals surface area contributed by atoms with Gasteiger partial charge in [0.1, 0.15) is 0 Å². The number of carbonyl (C=O) groups is 1. The van der Waals surface area contributed by atoms with Gasteiger partial charge in [-0.2, -0.15) is 0 Å². The number of hydrogen-bond donors (Lipinski definition) is 3. The van der Waals surface area contributed by atoms with Gasteiger partial charge in [0.05, 0.1) is 17.6 Å². The molecule has 0 saturated carbocycles. The summed E-state index contributed by atoms with van der Waals surface area (Å²) in [7, 11) is 0. The van der Waals surface area contributed by atoms with Crippen molar-refractivity contribution in [2.45, 2.75) is 39.7 Å². The van der Waals surface area contributed by atoms with E-state index in [1.165, 1.54) is 0 Å². The molecule has 1 saturated heterocycles. The van der Waals surface area contributed by atoms with E-state index < -0.39 is 5.54 Å². The van der Waals surface area contributed by atoms with Gasteiger partial charge in [0.25, 0.3) is 0 Å². The van der Waals surface area contributed by atoms with Crippen LogP contribution in [-0.4, -0.2) is 36.2 Å². The highest BCUT2D eigenvalue weighted by molar-refractivity contribution is 5.84. The third kappa shape index (κ3) is 2.55. The lowest BCUT2D eigenvalue weighted by molar-refractivity contribution is -0.134. The van der Waals surface area contributed by atoms with Crippen LogP contribution >= 0.6 is 0 Å². The molecule has 4 nitrogen and oxygen atoms in total. The smallest absolute Gasteiger partial charge is 0.228 e. The Morgan fingerprint density at radius 2 is 2.19 bits per heavy atom. The first-order chi connectivity index (χ1) is 7.34. The van der Waals surface area contributed by atoms with Crippen molar-refractivity contribution in [3.8, 4) is 0 Å². The van der Waals surface area contributed by atoms with Crippen molar-refractivity contribution in [3.63, 3.8) is 0 Å². The average Bonchev–Trinajstić information content (AvgIpc) is 2.66. The predicted octanol–water partition coefficient (Wildman–Crippen LogP) is 0.509. The highest BCUT2D eigenvalue weighted by Gasteiger charge is 2.45. The SMILES string of the molecule is CC(C)C1(C(=O)NC(C)(C)CO)CCNC1. The molecule has 0 aliphatic carbocycles. The van der Waals surface area contributed by atoms with Gasteiger partial charge in [0.15, 0.2) is 0 Å². The molecule has 16 heavy (non-hydrogen) atoms. The fourth-order valence-corrected chi connectivity index (χ4v) is 2.13. The normalized spacial score (nSPS) is 26.1. The molecular formula is C12H24N2O2. The fraction of sp³-hybridized carbons (Fsp3) is 0.917. The minimum Gasteiger partial charge on any atom is -0.394 e. The summed E-state index contributed by atoms with van der Waals surface area (Å²) in [5, 5.41) is 15.4. The van der Waals surface area contributed by atoms with E-state index in [1.807, 2.05) is 13.8 Å². The molecule has 0 spiro atoms. The number of rotatable bonds is 4. The van der Waals surface area contributed by atoms with Crippen LogP contribution in [0.4, 0.5) is 0 Å². The zero-order chi connectivity index (χ0) is 12.4. The average molecular weight is 228 g/mol. The maximum atomic E-state index is 12.3. The monoisotopic (exact) mass is 228 g/mol. The van der Waals surface area contributed by atoms with Crippen molar-refractivity contribution in [2.75, 3.05) is 19.7 Å². The Morgan fingerprint density at radius 1 is 1.56 bits per heavy atom. The summed E-state index contributed by atoms with van der Waals surface area (Å²) in [6, 6.07) is 0. The van der Waals surface area contributed by atoms with Crippen LogP contribution in [0.3, 0.4) is 0 Å². The first-order valence-corrected chi connectivity index (χ1v) is 5.98. The zero-order valence-corrected chi connectivity index (χ0v) is 10.8. The Balaban J connectivity index is 2.77. The molecule has 1 aliphatic rings. The van der Waals surface area contributed by atoms with Crippen molar-refractivity contribution in [1.29, 1.82) is 0 Å². The van der Waals surface area contributed by atoms with Crippen LogP contribution in [0.5, 0.6) is 0 Å². The first kappa shape index (κ1) is 13.5. The van der Waals surface area contributed by atoms with Gasteiger partial charge in [0, 0.05) is 6.54 Å². The molecule has 1 rings (SSSR count). The van der Waals surface area contributed by atoms with E-state index in [1.54, 1.807) is 0 Å². The molecule has 1 aliphatic heterocycles. The lowest BCUT2D eigenvalue weighted by atomic mass is 9.75. The maximum Gasteiger partial charge on any atom is 0.228 e. The Morgan fingerprint density at radius 3 is 2.56 bits per heavy atom. The van der Waals surface area contributed by atoms with Gasteiger partial charge in [0.2, 0.25) is 5.91 Å². The minimum absolute atomic E-state index is 0.0413. The molecule has 0 aromatic heterocycles. The van der Waals surface area contributed by atoms with Crippen LogP contribution in [0.2, 0.25) is 0 Å². The number of aliphatic hydroxyl groups excluding tert-OH is 1. The molecule has 1 amide bonds. The van der Waals surface area contributed by atoms with E-state index in [4.69, 9.17) is 0 Å². The molecule has 0 bridgehead atoms. The number of hydrogen-bond acceptors (Lipinski definition) is 3. The zero-order valence-electron chi connectivity index (χ0n) is 10.8. The molecule has 0 aromatic rings. The first-order valence-electron chi connectivity index (χ1n) is 5.98.